The fourth-order valence-electron chi connectivity index (χ4n) is 2.28. The number of carbonyl (C=O) groups excluding carboxylic acids is 1. The molecule has 0 atom stereocenters. The van der Waals surface area contributed by atoms with Gasteiger partial charge in [-0.25, -0.2) is 4.98 Å². The van der Waals surface area contributed by atoms with Gasteiger partial charge < -0.3 is 10.7 Å². The number of aryl methyl sites for hydroxylation is 2. The number of nitrogens with one attached hydrogen (secondary N) is 2. The van der Waals surface area contributed by atoms with E-state index in [1.807, 2.05) is 12.1 Å². The largest absolute Gasteiger partial charge is 0.324 e. The molecule has 98 valence electrons. The minimum atomic E-state index is -0.0938. The zero-order chi connectivity index (χ0) is 13.4. The smallest absolute Gasteiger partial charge is 0.223 e. The van der Waals surface area contributed by atoms with E-state index in [2.05, 4.69) is 21.8 Å². The summed E-state index contributed by atoms with van der Waals surface area (Å²) in [5.74, 6) is 5.36. The van der Waals surface area contributed by atoms with E-state index in [1.54, 1.807) is 0 Å². The van der Waals surface area contributed by atoms with Gasteiger partial charge in [0.2, 0.25) is 5.91 Å². The Balaban J connectivity index is 2.06. The molecule has 0 fully saturated rings. The standard InChI is InChI=1S/C13H14N4OS/c1-7(18)15-13-16-11-5-3-8-2-4-9(17-14)6-10(8)12(11)19-13/h2,4,6,17H,3,5,14H2,1H3,(H,15,16,18). The number of nitrogens with zero attached hydrogens (tertiary/aromatic N) is 1. The quantitative estimate of drug-likeness (QED) is 0.579. The summed E-state index contributed by atoms with van der Waals surface area (Å²) < 4.78 is 0. The van der Waals surface area contributed by atoms with Crippen LogP contribution in [0.3, 0.4) is 0 Å². The van der Waals surface area contributed by atoms with E-state index in [0.29, 0.717) is 5.13 Å². The summed E-state index contributed by atoms with van der Waals surface area (Å²) in [6.07, 6.45) is 1.88. The Morgan fingerprint density at radius 1 is 1.42 bits per heavy atom. The molecule has 1 aromatic heterocycles. The zero-order valence-corrected chi connectivity index (χ0v) is 11.3. The summed E-state index contributed by atoms with van der Waals surface area (Å²) in [6, 6.07) is 6.09. The third kappa shape index (κ3) is 2.20. The molecule has 0 unspecified atom stereocenters. The number of thiazole rings is 1. The van der Waals surface area contributed by atoms with Gasteiger partial charge in [-0.15, -0.1) is 0 Å². The van der Waals surface area contributed by atoms with Crippen LogP contribution in [0.1, 0.15) is 18.2 Å². The highest BCUT2D eigenvalue weighted by molar-refractivity contribution is 7.19. The number of hydrazine groups is 1. The Kier molecular flexibility index (Phi) is 2.96. The van der Waals surface area contributed by atoms with Crippen LogP contribution in [0, 0.1) is 0 Å². The minimum Gasteiger partial charge on any atom is -0.324 e. The van der Waals surface area contributed by atoms with Crippen molar-refractivity contribution in [2.24, 2.45) is 5.84 Å². The highest BCUT2D eigenvalue weighted by Crippen LogP contribution is 2.40. The number of hydrogen-bond acceptors (Lipinski definition) is 5. The molecule has 1 aliphatic carbocycles. The minimum absolute atomic E-state index is 0.0938. The molecule has 1 heterocycles. The Morgan fingerprint density at radius 3 is 3.00 bits per heavy atom. The summed E-state index contributed by atoms with van der Waals surface area (Å²) in [4.78, 5) is 16.7. The van der Waals surface area contributed by atoms with Gasteiger partial charge in [0.1, 0.15) is 0 Å². The Morgan fingerprint density at radius 2 is 2.26 bits per heavy atom. The number of benzene rings is 1. The third-order valence-electron chi connectivity index (χ3n) is 3.13. The first-order valence-electron chi connectivity index (χ1n) is 6.04. The van der Waals surface area contributed by atoms with E-state index in [0.717, 1.165) is 34.7 Å². The molecular weight excluding hydrogens is 260 g/mol. The number of aromatic nitrogens is 1. The van der Waals surface area contributed by atoms with E-state index in [9.17, 15) is 4.79 Å². The van der Waals surface area contributed by atoms with Gasteiger partial charge in [0.05, 0.1) is 10.6 Å². The molecule has 0 spiro atoms. The van der Waals surface area contributed by atoms with E-state index in [4.69, 9.17) is 5.84 Å². The van der Waals surface area contributed by atoms with E-state index in [-0.39, 0.29) is 5.91 Å². The maximum Gasteiger partial charge on any atom is 0.223 e. The number of amides is 1. The monoisotopic (exact) mass is 274 g/mol. The molecular formula is C13H14N4OS. The van der Waals surface area contributed by atoms with Gasteiger partial charge in [0.25, 0.3) is 0 Å². The van der Waals surface area contributed by atoms with Crippen LogP contribution in [0.15, 0.2) is 18.2 Å². The van der Waals surface area contributed by atoms with Crippen LogP contribution in [0.2, 0.25) is 0 Å². The maximum atomic E-state index is 11.1. The van der Waals surface area contributed by atoms with Crippen molar-refractivity contribution in [3.8, 4) is 10.4 Å². The molecule has 6 heteroatoms. The number of hydrogen-bond donors (Lipinski definition) is 3. The second-order valence-corrected chi connectivity index (χ2v) is 5.49. The molecule has 1 aliphatic rings. The molecule has 0 aliphatic heterocycles. The van der Waals surface area contributed by atoms with Crippen LogP contribution in [0.5, 0.6) is 0 Å². The average molecular weight is 274 g/mol. The zero-order valence-electron chi connectivity index (χ0n) is 10.5. The van der Waals surface area contributed by atoms with Crippen molar-refractivity contribution in [3.63, 3.8) is 0 Å². The van der Waals surface area contributed by atoms with Crippen LogP contribution in [0.4, 0.5) is 10.8 Å². The van der Waals surface area contributed by atoms with Crippen molar-refractivity contribution in [1.29, 1.82) is 0 Å². The number of nitrogens with two attached hydrogens (primary N) is 1. The lowest BCUT2D eigenvalue weighted by Crippen LogP contribution is -2.08. The predicted octanol–water partition coefficient (Wildman–Crippen LogP) is 2.15. The Labute approximate surface area is 114 Å². The Hall–Kier alpha value is -1.92. The molecule has 0 saturated carbocycles. The van der Waals surface area contributed by atoms with Gasteiger partial charge >= 0.3 is 0 Å². The van der Waals surface area contributed by atoms with Gasteiger partial charge in [0.15, 0.2) is 5.13 Å². The average Bonchev–Trinajstić information content (AvgIpc) is 2.80. The fourth-order valence-corrected chi connectivity index (χ4v) is 3.39. The van der Waals surface area contributed by atoms with E-state index in [1.165, 1.54) is 23.8 Å². The lowest BCUT2D eigenvalue weighted by Gasteiger charge is -2.15. The summed E-state index contributed by atoms with van der Waals surface area (Å²) in [6.45, 7) is 1.49. The van der Waals surface area contributed by atoms with Crippen LogP contribution in [-0.2, 0) is 17.6 Å². The summed E-state index contributed by atoms with van der Waals surface area (Å²) in [5, 5.41) is 3.41. The number of nitrogen functional groups attached to an aromatic ring is 1. The first-order valence-corrected chi connectivity index (χ1v) is 6.86. The molecule has 3 rings (SSSR count). The Bertz CT molecular complexity index is 650. The van der Waals surface area contributed by atoms with Crippen molar-refractivity contribution >= 4 is 28.1 Å². The molecule has 0 saturated heterocycles. The highest BCUT2D eigenvalue weighted by Gasteiger charge is 2.21. The van der Waals surface area contributed by atoms with Crippen molar-refractivity contribution in [2.45, 2.75) is 19.8 Å². The van der Waals surface area contributed by atoms with Gasteiger partial charge in [-0.3, -0.25) is 10.6 Å². The second kappa shape index (κ2) is 4.64. The van der Waals surface area contributed by atoms with Crippen LogP contribution < -0.4 is 16.6 Å². The molecule has 1 aromatic carbocycles. The summed E-state index contributed by atoms with van der Waals surface area (Å²) in [5.41, 5.74) is 7.04. The summed E-state index contributed by atoms with van der Waals surface area (Å²) in [7, 11) is 0. The van der Waals surface area contributed by atoms with Crippen molar-refractivity contribution in [3.05, 3.63) is 29.5 Å². The summed E-state index contributed by atoms with van der Waals surface area (Å²) >= 11 is 1.51. The van der Waals surface area contributed by atoms with Gasteiger partial charge in [0, 0.05) is 12.6 Å². The van der Waals surface area contributed by atoms with Crippen LogP contribution >= 0.6 is 11.3 Å². The SMILES string of the molecule is CC(=O)Nc1nc2c(s1)-c1cc(NN)ccc1CC2. The molecule has 1 amide bonds. The number of carbonyl (C=O) groups is 1. The first kappa shape index (κ1) is 12.1. The van der Waals surface area contributed by atoms with Crippen LogP contribution in [-0.4, -0.2) is 10.9 Å². The maximum absolute atomic E-state index is 11.1. The van der Waals surface area contributed by atoms with E-state index >= 15 is 0 Å². The number of rotatable bonds is 2. The lowest BCUT2D eigenvalue weighted by molar-refractivity contribution is -0.114. The number of fused-ring (bicyclic) bond motifs is 3. The molecule has 0 radical (unpaired) electrons. The number of anilines is 2. The van der Waals surface area contributed by atoms with Gasteiger partial charge in [-0.1, -0.05) is 17.4 Å². The van der Waals surface area contributed by atoms with E-state index < -0.39 is 0 Å². The van der Waals surface area contributed by atoms with Crippen molar-refractivity contribution < 1.29 is 4.79 Å². The molecule has 2 aromatic rings. The third-order valence-corrected chi connectivity index (χ3v) is 4.18. The molecule has 19 heavy (non-hydrogen) atoms. The first-order chi connectivity index (χ1) is 9.17. The normalized spacial score (nSPS) is 12.5. The van der Waals surface area contributed by atoms with Gasteiger partial charge in [-0.05, 0) is 36.1 Å². The van der Waals surface area contributed by atoms with Crippen molar-refractivity contribution in [1.82, 2.24) is 4.98 Å². The van der Waals surface area contributed by atoms with Crippen LogP contribution in [0.25, 0.3) is 10.4 Å². The lowest BCUT2D eigenvalue weighted by atomic mass is 9.93. The predicted molar refractivity (Wildman–Crippen MR) is 77.1 cm³/mol. The fraction of sp³-hybridized carbons (Fsp3) is 0.231. The van der Waals surface area contributed by atoms with Crippen molar-refractivity contribution in [2.75, 3.05) is 10.7 Å². The topological polar surface area (TPSA) is 80.0 Å². The molecule has 0 bridgehead atoms. The second-order valence-electron chi connectivity index (χ2n) is 4.49. The van der Waals surface area contributed by atoms with Gasteiger partial charge in [-0.2, -0.15) is 0 Å². The molecule has 4 N–H and O–H groups in total. The highest BCUT2D eigenvalue weighted by atomic mass is 32.1. The molecule has 5 nitrogen and oxygen atoms in total.